The van der Waals surface area contributed by atoms with Gasteiger partial charge in [-0.1, -0.05) is 0 Å². The van der Waals surface area contributed by atoms with Crippen molar-refractivity contribution in [3.63, 3.8) is 0 Å². The summed E-state index contributed by atoms with van der Waals surface area (Å²) in [4.78, 5) is 11.8. The minimum absolute atomic E-state index is 0. The van der Waals surface area contributed by atoms with Crippen molar-refractivity contribution in [1.29, 1.82) is 0 Å². The highest BCUT2D eigenvalue weighted by Gasteiger charge is 2.23. The van der Waals surface area contributed by atoms with E-state index in [1.807, 2.05) is 0 Å². The minimum atomic E-state index is -0.300. The third-order valence-electron chi connectivity index (χ3n) is 2.56. The maximum Gasteiger partial charge on any atom is 0.167 e. The molecule has 0 radical (unpaired) electrons. The number of rotatable bonds is 2. The van der Waals surface area contributed by atoms with Gasteiger partial charge in [-0.15, -0.1) is 12.4 Å². The van der Waals surface area contributed by atoms with Crippen molar-refractivity contribution in [3.05, 3.63) is 35.6 Å². The number of carbonyl (C=O) groups excluding carboxylic acids is 1. The molecule has 0 saturated carbocycles. The summed E-state index contributed by atoms with van der Waals surface area (Å²) in [6.07, 6.45) is 0.885. The number of Topliss-reactive ketones (excluding diaryl/α,β-unsaturated/α-hetero) is 1. The highest BCUT2D eigenvalue weighted by Crippen LogP contribution is 2.15. The molecule has 4 heteroatoms. The summed E-state index contributed by atoms with van der Waals surface area (Å²) < 4.78 is 12.6. The van der Waals surface area contributed by atoms with Crippen LogP contribution in [0.25, 0.3) is 0 Å². The summed E-state index contributed by atoms with van der Waals surface area (Å²) >= 11 is 0. The third-order valence-corrected chi connectivity index (χ3v) is 2.56. The molecule has 1 heterocycles. The van der Waals surface area contributed by atoms with E-state index in [4.69, 9.17) is 0 Å². The predicted molar refractivity (Wildman–Crippen MR) is 59.0 cm³/mol. The molecule has 2 rings (SSSR count). The van der Waals surface area contributed by atoms with E-state index in [1.165, 1.54) is 12.1 Å². The Labute approximate surface area is 94.3 Å². The van der Waals surface area contributed by atoms with Gasteiger partial charge in [-0.2, -0.15) is 0 Å². The lowest BCUT2D eigenvalue weighted by molar-refractivity contribution is 0.0930. The van der Waals surface area contributed by atoms with Crippen molar-refractivity contribution in [2.45, 2.75) is 6.42 Å². The van der Waals surface area contributed by atoms with E-state index in [0.29, 0.717) is 5.56 Å². The van der Waals surface area contributed by atoms with E-state index in [2.05, 4.69) is 5.32 Å². The molecule has 0 amide bonds. The van der Waals surface area contributed by atoms with Gasteiger partial charge in [0.25, 0.3) is 0 Å². The lowest BCUT2D eigenvalue weighted by Gasteiger charge is -2.06. The second-order valence-electron chi connectivity index (χ2n) is 3.56. The van der Waals surface area contributed by atoms with E-state index in [9.17, 15) is 9.18 Å². The molecule has 0 aliphatic carbocycles. The van der Waals surface area contributed by atoms with Crippen LogP contribution >= 0.6 is 12.4 Å². The second-order valence-corrected chi connectivity index (χ2v) is 3.56. The highest BCUT2D eigenvalue weighted by molar-refractivity contribution is 5.98. The van der Waals surface area contributed by atoms with Crippen LogP contribution in [0.15, 0.2) is 24.3 Å². The molecule has 0 spiro atoms. The van der Waals surface area contributed by atoms with Crippen molar-refractivity contribution in [2.24, 2.45) is 5.92 Å². The molecule has 15 heavy (non-hydrogen) atoms. The van der Waals surface area contributed by atoms with Crippen LogP contribution < -0.4 is 5.32 Å². The molecule has 0 aromatic heterocycles. The van der Waals surface area contributed by atoms with Crippen molar-refractivity contribution in [3.8, 4) is 0 Å². The Kier molecular flexibility index (Phi) is 4.24. The Morgan fingerprint density at radius 3 is 2.53 bits per heavy atom. The Morgan fingerprint density at radius 2 is 2.00 bits per heavy atom. The van der Waals surface area contributed by atoms with Gasteiger partial charge in [0.15, 0.2) is 5.78 Å². The number of halogens is 2. The second kappa shape index (κ2) is 5.24. The Hall–Kier alpha value is -0.930. The number of carbonyl (C=O) groups is 1. The maximum atomic E-state index is 12.6. The molecule has 1 fully saturated rings. The van der Waals surface area contributed by atoms with Gasteiger partial charge < -0.3 is 5.32 Å². The summed E-state index contributed by atoms with van der Waals surface area (Å²) in [5.41, 5.74) is 0.611. The molecule has 0 unspecified atom stereocenters. The fraction of sp³-hybridized carbons (Fsp3) is 0.364. The van der Waals surface area contributed by atoms with Crippen molar-refractivity contribution < 1.29 is 9.18 Å². The van der Waals surface area contributed by atoms with Gasteiger partial charge in [-0.25, -0.2) is 4.39 Å². The number of nitrogens with one attached hydrogen (secondary N) is 1. The smallest absolute Gasteiger partial charge is 0.167 e. The number of hydrogen-bond acceptors (Lipinski definition) is 2. The molecule has 0 bridgehead atoms. The van der Waals surface area contributed by atoms with Crippen molar-refractivity contribution >= 4 is 18.2 Å². The SMILES string of the molecule is Cl.O=C(c1ccc(F)cc1)[C@H]1CCNC1. The van der Waals surface area contributed by atoms with E-state index in [1.54, 1.807) is 12.1 Å². The molecule has 1 aliphatic heterocycles. The van der Waals surface area contributed by atoms with Gasteiger partial charge in [0.05, 0.1) is 0 Å². The summed E-state index contributed by atoms with van der Waals surface area (Å²) in [5.74, 6) is -0.110. The third kappa shape index (κ3) is 2.76. The van der Waals surface area contributed by atoms with Gasteiger partial charge >= 0.3 is 0 Å². The molecule has 1 aromatic carbocycles. The average molecular weight is 230 g/mol. The van der Waals surface area contributed by atoms with Crippen LogP contribution in [0, 0.1) is 11.7 Å². The standard InChI is InChI=1S/C11H12FNO.ClH/c12-10-3-1-8(2-4-10)11(14)9-5-6-13-7-9;/h1-4,9,13H,5-7H2;1H/t9-;/m0./s1. The predicted octanol–water partition coefficient (Wildman–Crippen LogP) is 2.04. The Morgan fingerprint density at radius 1 is 1.33 bits per heavy atom. The summed E-state index contributed by atoms with van der Waals surface area (Å²) in [6, 6.07) is 5.76. The number of hydrogen-bond donors (Lipinski definition) is 1. The lowest BCUT2D eigenvalue weighted by atomic mass is 9.97. The first-order chi connectivity index (χ1) is 6.77. The fourth-order valence-electron chi connectivity index (χ4n) is 1.73. The van der Waals surface area contributed by atoms with Crippen LogP contribution in [0.1, 0.15) is 16.8 Å². The zero-order valence-corrected chi connectivity index (χ0v) is 9.02. The average Bonchev–Trinajstić information content (AvgIpc) is 2.71. The van der Waals surface area contributed by atoms with E-state index >= 15 is 0 Å². The first kappa shape index (κ1) is 12.1. The molecular weight excluding hydrogens is 217 g/mol. The van der Waals surface area contributed by atoms with Gasteiger partial charge in [-0.3, -0.25) is 4.79 Å². The van der Waals surface area contributed by atoms with E-state index in [-0.39, 0.29) is 29.9 Å². The summed E-state index contributed by atoms with van der Waals surface area (Å²) in [7, 11) is 0. The molecule has 1 aliphatic rings. The van der Waals surface area contributed by atoms with Gasteiger partial charge in [0.2, 0.25) is 0 Å². The molecule has 1 atom stereocenters. The maximum absolute atomic E-state index is 12.6. The first-order valence-electron chi connectivity index (χ1n) is 4.78. The molecule has 1 saturated heterocycles. The molecule has 82 valence electrons. The van der Waals surface area contributed by atoms with Crippen LogP contribution in [-0.2, 0) is 0 Å². The highest BCUT2D eigenvalue weighted by atomic mass is 35.5. The summed E-state index contributed by atoms with van der Waals surface area (Å²) in [5, 5.41) is 3.14. The van der Waals surface area contributed by atoms with Gasteiger partial charge in [0.1, 0.15) is 5.82 Å². The van der Waals surface area contributed by atoms with Gasteiger partial charge in [-0.05, 0) is 37.2 Å². The van der Waals surface area contributed by atoms with E-state index in [0.717, 1.165) is 19.5 Å². The first-order valence-corrected chi connectivity index (χ1v) is 4.78. The normalized spacial score (nSPS) is 19.7. The molecule has 1 N–H and O–H groups in total. The topological polar surface area (TPSA) is 29.1 Å². The summed E-state index contributed by atoms with van der Waals surface area (Å²) in [6.45, 7) is 1.65. The van der Waals surface area contributed by atoms with Crippen LogP contribution in [0.5, 0.6) is 0 Å². The van der Waals surface area contributed by atoms with Crippen LogP contribution in [0.4, 0.5) is 4.39 Å². The van der Waals surface area contributed by atoms with E-state index < -0.39 is 0 Å². The van der Waals surface area contributed by atoms with Crippen LogP contribution in [0.3, 0.4) is 0 Å². The lowest BCUT2D eigenvalue weighted by Crippen LogP contribution is -2.17. The van der Waals surface area contributed by atoms with Crippen molar-refractivity contribution in [2.75, 3.05) is 13.1 Å². The molecule has 1 aromatic rings. The number of ketones is 1. The Balaban J connectivity index is 0.00000112. The molecule has 2 nitrogen and oxygen atoms in total. The Bertz CT molecular complexity index is 333. The minimum Gasteiger partial charge on any atom is -0.316 e. The quantitative estimate of drug-likeness (QED) is 0.787. The monoisotopic (exact) mass is 229 g/mol. The van der Waals surface area contributed by atoms with Gasteiger partial charge in [0, 0.05) is 18.0 Å². The van der Waals surface area contributed by atoms with Crippen LogP contribution in [-0.4, -0.2) is 18.9 Å². The van der Waals surface area contributed by atoms with Crippen LogP contribution in [0.2, 0.25) is 0 Å². The zero-order chi connectivity index (χ0) is 9.97. The molecular formula is C11H13ClFNO. The largest absolute Gasteiger partial charge is 0.316 e. The fourth-order valence-corrected chi connectivity index (χ4v) is 1.73. The zero-order valence-electron chi connectivity index (χ0n) is 8.20. The number of benzene rings is 1. The van der Waals surface area contributed by atoms with Crippen molar-refractivity contribution in [1.82, 2.24) is 5.32 Å².